The van der Waals surface area contributed by atoms with Crippen molar-refractivity contribution in [1.82, 2.24) is 4.31 Å². The summed E-state index contributed by atoms with van der Waals surface area (Å²) in [6.07, 6.45) is 0. The molecular weight excluding hydrogens is 248 g/mol. The van der Waals surface area contributed by atoms with Gasteiger partial charge in [-0.3, -0.25) is 4.79 Å². The molecule has 16 heavy (non-hydrogen) atoms. The molecule has 9 heteroatoms. The Kier molecular flexibility index (Phi) is 3.81. The summed E-state index contributed by atoms with van der Waals surface area (Å²) in [6.45, 7) is -0.373. The number of hydrogen-bond donors (Lipinski definition) is 1. The van der Waals surface area contributed by atoms with Gasteiger partial charge in [0.05, 0.1) is 25.2 Å². The van der Waals surface area contributed by atoms with Gasteiger partial charge >= 0.3 is 11.7 Å². The Morgan fingerprint density at radius 3 is 2.50 bits per heavy atom. The largest absolute Gasteiger partial charge is 0.481 e. The lowest BCUT2D eigenvalue weighted by Gasteiger charge is -2.24. The van der Waals surface area contributed by atoms with E-state index in [1.165, 1.54) is 0 Å². The highest BCUT2D eigenvalue weighted by Gasteiger charge is 2.43. The third-order valence-electron chi connectivity index (χ3n) is 2.46. The van der Waals surface area contributed by atoms with Gasteiger partial charge in [-0.1, -0.05) is 0 Å². The van der Waals surface area contributed by atoms with Crippen molar-refractivity contribution in [2.75, 3.05) is 20.3 Å². The lowest BCUT2D eigenvalue weighted by Crippen LogP contribution is -2.46. The fourth-order valence-electron chi connectivity index (χ4n) is 1.45. The van der Waals surface area contributed by atoms with E-state index in [2.05, 4.69) is 0 Å². The SMILES string of the molecule is CN(C1COCC1C(=O)O)S(=O)(=O)C(F)F. The summed E-state index contributed by atoms with van der Waals surface area (Å²) in [5.41, 5.74) is 0. The minimum Gasteiger partial charge on any atom is -0.481 e. The molecule has 94 valence electrons. The second-order valence-electron chi connectivity index (χ2n) is 3.37. The van der Waals surface area contributed by atoms with Crippen LogP contribution < -0.4 is 0 Å². The molecule has 0 aromatic carbocycles. The minimum absolute atomic E-state index is 0.177. The Bertz CT molecular complexity index is 371. The number of alkyl halides is 2. The highest BCUT2D eigenvalue weighted by Crippen LogP contribution is 2.23. The van der Waals surface area contributed by atoms with Gasteiger partial charge in [0.25, 0.3) is 10.0 Å². The van der Waals surface area contributed by atoms with Gasteiger partial charge in [-0.2, -0.15) is 13.1 Å². The summed E-state index contributed by atoms with van der Waals surface area (Å²) < 4.78 is 51.9. The molecule has 0 saturated carbocycles. The molecule has 1 heterocycles. The molecule has 0 bridgehead atoms. The molecule has 6 nitrogen and oxygen atoms in total. The fourth-order valence-corrected chi connectivity index (χ4v) is 2.29. The Hall–Kier alpha value is -0.800. The highest BCUT2D eigenvalue weighted by atomic mass is 32.2. The predicted molar refractivity (Wildman–Crippen MR) is 48.4 cm³/mol. The van der Waals surface area contributed by atoms with Crippen LogP contribution in [0.4, 0.5) is 8.78 Å². The lowest BCUT2D eigenvalue weighted by atomic mass is 10.1. The summed E-state index contributed by atoms with van der Waals surface area (Å²) in [5, 5.41) is 8.75. The number of carboxylic acid groups (broad SMARTS) is 1. The van der Waals surface area contributed by atoms with Crippen molar-refractivity contribution in [3.05, 3.63) is 0 Å². The summed E-state index contributed by atoms with van der Waals surface area (Å²) >= 11 is 0. The highest BCUT2D eigenvalue weighted by molar-refractivity contribution is 7.89. The minimum atomic E-state index is -4.77. The van der Waals surface area contributed by atoms with Crippen molar-refractivity contribution in [2.45, 2.75) is 11.8 Å². The van der Waals surface area contributed by atoms with E-state index in [1.807, 2.05) is 0 Å². The first-order valence-corrected chi connectivity index (χ1v) is 5.84. The third-order valence-corrected chi connectivity index (χ3v) is 3.99. The molecular formula is C7H11F2NO5S. The number of sulfonamides is 1. The number of carbonyl (C=O) groups is 1. The molecule has 0 aromatic heterocycles. The molecule has 2 atom stereocenters. The van der Waals surface area contributed by atoms with Crippen molar-refractivity contribution in [2.24, 2.45) is 5.92 Å². The standard InChI is InChI=1S/C7H11F2NO5S/c1-10(16(13,14)7(8)9)5-3-15-2-4(5)6(11)12/h4-5,7H,2-3H2,1H3,(H,11,12). The Morgan fingerprint density at radius 2 is 2.06 bits per heavy atom. The fraction of sp³-hybridized carbons (Fsp3) is 0.857. The Labute approximate surface area is 90.8 Å². The quantitative estimate of drug-likeness (QED) is 0.740. The van der Waals surface area contributed by atoms with Crippen LogP contribution >= 0.6 is 0 Å². The topological polar surface area (TPSA) is 83.9 Å². The van der Waals surface area contributed by atoms with Crippen LogP contribution in [-0.2, 0) is 19.6 Å². The second-order valence-corrected chi connectivity index (χ2v) is 5.33. The first-order valence-electron chi connectivity index (χ1n) is 4.34. The van der Waals surface area contributed by atoms with Gasteiger partial charge < -0.3 is 9.84 Å². The number of rotatable bonds is 4. The van der Waals surface area contributed by atoms with E-state index < -0.39 is 33.7 Å². The first-order chi connectivity index (χ1) is 7.28. The van der Waals surface area contributed by atoms with Crippen LogP contribution in [0.1, 0.15) is 0 Å². The number of aliphatic carboxylic acids is 1. The molecule has 0 aromatic rings. The molecule has 1 aliphatic heterocycles. The summed E-state index contributed by atoms with van der Waals surface area (Å²) in [5.74, 6) is -5.94. The van der Waals surface area contributed by atoms with Crippen molar-refractivity contribution in [3.8, 4) is 0 Å². The van der Waals surface area contributed by atoms with E-state index in [1.54, 1.807) is 0 Å². The number of halogens is 2. The molecule has 1 aliphatic rings. The molecule has 1 fully saturated rings. The van der Waals surface area contributed by atoms with Crippen LogP contribution in [0.25, 0.3) is 0 Å². The number of hydrogen-bond acceptors (Lipinski definition) is 4. The molecule has 0 amide bonds. The zero-order valence-electron chi connectivity index (χ0n) is 8.34. The smallest absolute Gasteiger partial charge is 0.350 e. The summed E-state index contributed by atoms with van der Waals surface area (Å²) in [4.78, 5) is 10.7. The second kappa shape index (κ2) is 4.60. The molecule has 1 N–H and O–H groups in total. The van der Waals surface area contributed by atoms with Gasteiger partial charge in [-0.15, -0.1) is 0 Å². The Balaban J connectivity index is 2.89. The average Bonchev–Trinajstić information content (AvgIpc) is 2.64. The average molecular weight is 259 g/mol. The molecule has 2 unspecified atom stereocenters. The third kappa shape index (κ3) is 2.30. The zero-order valence-corrected chi connectivity index (χ0v) is 9.15. The van der Waals surface area contributed by atoms with Crippen LogP contribution in [0.2, 0.25) is 0 Å². The molecule has 1 rings (SSSR count). The first kappa shape index (κ1) is 13.3. The van der Waals surface area contributed by atoms with Crippen molar-refractivity contribution >= 4 is 16.0 Å². The molecule has 0 aliphatic carbocycles. The van der Waals surface area contributed by atoms with Gasteiger partial charge in [-0.25, -0.2) is 8.42 Å². The van der Waals surface area contributed by atoms with Gasteiger partial charge in [0.1, 0.15) is 0 Å². The van der Waals surface area contributed by atoms with Crippen LogP contribution in [-0.4, -0.2) is 55.9 Å². The lowest BCUT2D eigenvalue weighted by molar-refractivity contribution is -0.142. The molecule has 0 radical (unpaired) electrons. The maximum absolute atomic E-state index is 12.2. The molecule has 1 saturated heterocycles. The van der Waals surface area contributed by atoms with E-state index in [9.17, 15) is 22.0 Å². The maximum Gasteiger partial charge on any atom is 0.350 e. The normalized spacial score (nSPS) is 26.6. The molecule has 0 spiro atoms. The van der Waals surface area contributed by atoms with E-state index >= 15 is 0 Å². The van der Waals surface area contributed by atoms with Gasteiger partial charge in [0, 0.05) is 7.05 Å². The Morgan fingerprint density at radius 1 is 1.50 bits per heavy atom. The number of carboxylic acids is 1. The van der Waals surface area contributed by atoms with Crippen LogP contribution in [0.3, 0.4) is 0 Å². The number of likely N-dealkylation sites (N-methyl/N-ethyl adjacent to an activating group) is 1. The predicted octanol–water partition coefficient (Wildman–Crippen LogP) is -0.430. The summed E-state index contributed by atoms with van der Waals surface area (Å²) in [7, 11) is -3.84. The number of ether oxygens (including phenoxy) is 1. The van der Waals surface area contributed by atoms with Crippen LogP contribution in [0.15, 0.2) is 0 Å². The van der Waals surface area contributed by atoms with Gasteiger partial charge in [0.15, 0.2) is 0 Å². The van der Waals surface area contributed by atoms with Crippen LogP contribution in [0.5, 0.6) is 0 Å². The van der Waals surface area contributed by atoms with E-state index in [-0.39, 0.29) is 13.2 Å². The van der Waals surface area contributed by atoms with Crippen LogP contribution in [0, 0.1) is 5.92 Å². The maximum atomic E-state index is 12.2. The van der Waals surface area contributed by atoms with Crippen molar-refractivity contribution in [3.63, 3.8) is 0 Å². The van der Waals surface area contributed by atoms with E-state index in [0.717, 1.165) is 7.05 Å². The van der Waals surface area contributed by atoms with Crippen molar-refractivity contribution < 1.29 is 31.8 Å². The van der Waals surface area contributed by atoms with Crippen molar-refractivity contribution in [1.29, 1.82) is 0 Å². The van der Waals surface area contributed by atoms with Gasteiger partial charge in [0.2, 0.25) is 0 Å². The van der Waals surface area contributed by atoms with E-state index in [4.69, 9.17) is 9.84 Å². The number of nitrogens with zero attached hydrogens (tertiary/aromatic N) is 1. The summed E-state index contributed by atoms with van der Waals surface area (Å²) in [6, 6.07) is -1.09. The zero-order chi connectivity index (χ0) is 12.5. The monoisotopic (exact) mass is 259 g/mol. The van der Waals surface area contributed by atoms with Gasteiger partial charge in [-0.05, 0) is 0 Å². The van der Waals surface area contributed by atoms with E-state index in [0.29, 0.717) is 4.31 Å².